The Hall–Kier alpha value is -3.51. The highest BCUT2D eigenvalue weighted by Crippen LogP contribution is 2.38. The van der Waals surface area contributed by atoms with Crippen LogP contribution < -0.4 is 11.1 Å². The summed E-state index contributed by atoms with van der Waals surface area (Å²) in [5, 5.41) is 2.76. The number of hydrogen-bond donors (Lipinski definition) is 2. The van der Waals surface area contributed by atoms with Crippen LogP contribution in [0.15, 0.2) is 36.4 Å². The summed E-state index contributed by atoms with van der Waals surface area (Å²) in [4.78, 5) is 48.0. The van der Waals surface area contributed by atoms with E-state index in [-0.39, 0.29) is 53.4 Å². The molecule has 5 rings (SSSR count). The zero-order chi connectivity index (χ0) is 33.2. The number of fused-ring (bicyclic) bond motifs is 1. The first kappa shape index (κ1) is 33.8. The van der Waals surface area contributed by atoms with E-state index in [2.05, 4.69) is 10.2 Å². The fraction of sp³-hybridized carbons (Fsp3) is 0.545. The molecule has 46 heavy (non-hydrogen) atoms. The lowest BCUT2D eigenvalue weighted by molar-refractivity contribution is -0.143. The van der Waals surface area contributed by atoms with Gasteiger partial charge in [0, 0.05) is 56.9 Å². The Bertz CT molecular complexity index is 1450. The number of anilines is 2. The van der Waals surface area contributed by atoms with E-state index < -0.39 is 23.3 Å². The van der Waals surface area contributed by atoms with Crippen LogP contribution in [0.1, 0.15) is 48.8 Å². The maximum absolute atomic E-state index is 13.9. The number of likely N-dealkylation sites (N-methyl/N-ethyl adjacent to an activating group) is 1. The second-order valence-corrected chi connectivity index (χ2v) is 13.2. The Morgan fingerprint density at radius 2 is 1.78 bits per heavy atom. The molecule has 2 aromatic rings. The molecule has 3 N–H and O–H groups in total. The number of benzene rings is 2. The van der Waals surface area contributed by atoms with Gasteiger partial charge in [0.15, 0.2) is 0 Å². The number of nitrogen functional groups attached to an aromatic ring is 1. The molecule has 2 fully saturated rings. The Balaban J connectivity index is 1.29. The third-order valence-corrected chi connectivity index (χ3v) is 9.90. The van der Waals surface area contributed by atoms with Crippen LogP contribution in [0.25, 0.3) is 0 Å². The third kappa shape index (κ3) is 7.71. The number of nitrogens with two attached hydrogens (primary N) is 1. The fourth-order valence-electron chi connectivity index (χ4n) is 6.90. The first-order valence-electron chi connectivity index (χ1n) is 15.9. The minimum Gasteiger partial charge on any atom is -0.397 e. The highest BCUT2D eigenvalue weighted by atomic mass is 35.5. The number of para-hydroxylation sites is 1. The maximum Gasteiger partial charge on any atom is 0.418 e. The van der Waals surface area contributed by atoms with Gasteiger partial charge in [-0.05, 0) is 81.9 Å². The van der Waals surface area contributed by atoms with Crippen LogP contribution in [0.5, 0.6) is 0 Å². The van der Waals surface area contributed by atoms with Crippen molar-refractivity contribution in [1.82, 2.24) is 19.6 Å². The number of carbonyl (C=O) groups excluding carboxylic acids is 3. The van der Waals surface area contributed by atoms with Crippen LogP contribution in [0, 0.1) is 5.92 Å². The van der Waals surface area contributed by atoms with E-state index in [0.717, 1.165) is 36.6 Å². The monoisotopic (exact) mass is 662 g/mol. The molecule has 4 amide bonds. The van der Waals surface area contributed by atoms with Crippen molar-refractivity contribution in [2.45, 2.75) is 63.2 Å². The highest BCUT2D eigenvalue weighted by molar-refractivity contribution is 6.33. The van der Waals surface area contributed by atoms with E-state index in [1.807, 2.05) is 43.3 Å². The van der Waals surface area contributed by atoms with Crippen LogP contribution in [0.4, 0.5) is 29.3 Å². The van der Waals surface area contributed by atoms with Crippen LogP contribution in [0.2, 0.25) is 5.02 Å². The number of hydrogen-bond acceptors (Lipinski definition) is 5. The summed E-state index contributed by atoms with van der Waals surface area (Å²) in [5.41, 5.74) is 6.13. The maximum atomic E-state index is 13.9. The Labute approximate surface area is 272 Å². The molecule has 1 unspecified atom stereocenters. The van der Waals surface area contributed by atoms with Crippen LogP contribution in [-0.4, -0.2) is 96.3 Å². The molecule has 0 aromatic heterocycles. The molecule has 250 valence electrons. The van der Waals surface area contributed by atoms with E-state index in [0.29, 0.717) is 45.6 Å². The molecule has 0 saturated carbocycles. The van der Waals surface area contributed by atoms with Gasteiger partial charge in [0.05, 0.1) is 22.2 Å². The quantitative estimate of drug-likeness (QED) is 0.401. The first-order valence-corrected chi connectivity index (χ1v) is 16.2. The number of alkyl halides is 3. The summed E-state index contributed by atoms with van der Waals surface area (Å²) in [5.74, 6) is -1.36. The van der Waals surface area contributed by atoms with E-state index in [4.69, 9.17) is 17.3 Å². The highest BCUT2D eigenvalue weighted by Gasteiger charge is 2.37. The number of amides is 4. The van der Waals surface area contributed by atoms with E-state index in [9.17, 15) is 27.6 Å². The average molecular weight is 663 g/mol. The topological polar surface area (TPSA) is 102 Å². The van der Waals surface area contributed by atoms with Crippen LogP contribution in [-0.2, 0) is 28.6 Å². The van der Waals surface area contributed by atoms with E-state index in [1.165, 1.54) is 6.07 Å². The normalized spacial score (nSPS) is 20.3. The number of piperidine rings is 2. The number of nitrogens with zero attached hydrogens (tertiary/aromatic N) is 4. The molecule has 0 bridgehead atoms. The van der Waals surface area contributed by atoms with Gasteiger partial charge < -0.3 is 30.7 Å². The molecule has 2 saturated heterocycles. The van der Waals surface area contributed by atoms with Gasteiger partial charge in [0.1, 0.15) is 0 Å². The fourth-order valence-corrected chi connectivity index (χ4v) is 7.14. The number of likely N-dealkylation sites (tertiary alicyclic amines) is 2. The molecule has 2 atom stereocenters. The summed E-state index contributed by atoms with van der Waals surface area (Å²) in [7, 11) is 3.90. The van der Waals surface area contributed by atoms with Gasteiger partial charge >= 0.3 is 12.2 Å². The van der Waals surface area contributed by atoms with Gasteiger partial charge in [0.2, 0.25) is 11.8 Å². The molecule has 13 heteroatoms. The van der Waals surface area contributed by atoms with Crippen molar-refractivity contribution in [3.05, 3.63) is 58.1 Å². The van der Waals surface area contributed by atoms with Gasteiger partial charge in [-0.1, -0.05) is 29.8 Å². The van der Waals surface area contributed by atoms with Gasteiger partial charge in [-0.2, -0.15) is 13.2 Å². The van der Waals surface area contributed by atoms with Gasteiger partial charge in [-0.15, -0.1) is 0 Å². The number of rotatable bonds is 7. The Morgan fingerprint density at radius 3 is 2.48 bits per heavy atom. The molecule has 2 aromatic carbocycles. The van der Waals surface area contributed by atoms with Gasteiger partial charge in [-0.3, -0.25) is 9.59 Å². The lowest BCUT2D eigenvalue weighted by Gasteiger charge is -2.39. The van der Waals surface area contributed by atoms with Crippen LogP contribution >= 0.6 is 11.6 Å². The lowest BCUT2D eigenvalue weighted by Crippen LogP contribution is -2.51. The number of carbonyl (C=O) groups is 3. The zero-order valence-corrected chi connectivity index (χ0v) is 27.0. The second kappa shape index (κ2) is 14.1. The largest absolute Gasteiger partial charge is 0.418 e. The van der Waals surface area contributed by atoms with Crippen molar-refractivity contribution in [2.24, 2.45) is 5.92 Å². The molecule has 9 nitrogen and oxygen atoms in total. The number of nitrogens with one attached hydrogen (secondary N) is 1. The summed E-state index contributed by atoms with van der Waals surface area (Å²) in [6, 6.07) is 9.98. The van der Waals surface area contributed by atoms with Crippen molar-refractivity contribution < 1.29 is 27.6 Å². The van der Waals surface area contributed by atoms with Crippen molar-refractivity contribution in [3.8, 4) is 0 Å². The predicted molar refractivity (Wildman–Crippen MR) is 171 cm³/mol. The van der Waals surface area contributed by atoms with Crippen molar-refractivity contribution >= 4 is 40.8 Å². The molecule has 3 aliphatic heterocycles. The minimum atomic E-state index is -4.72. The smallest absolute Gasteiger partial charge is 0.397 e. The molecular weight excluding hydrogens is 621 g/mol. The Morgan fingerprint density at radius 1 is 1.07 bits per heavy atom. The lowest BCUT2D eigenvalue weighted by atomic mass is 9.91. The molecular formula is C33H42ClF3N6O3. The van der Waals surface area contributed by atoms with Crippen molar-refractivity contribution in [2.75, 3.05) is 57.9 Å². The third-order valence-electron chi connectivity index (χ3n) is 9.59. The summed E-state index contributed by atoms with van der Waals surface area (Å²) in [6.07, 6.45) is -1.31. The average Bonchev–Trinajstić information content (AvgIpc) is 3.19. The summed E-state index contributed by atoms with van der Waals surface area (Å²) in [6.45, 7) is 2.42. The Kier molecular flexibility index (Phi) is 10.4. The molecule has 0 spiro atoms. The molecule has 0 radical (unpaired) electrons. The number of urea groups is 1. The van der Waals surface area contributed by atoms with Crippen molar-refractivity contribution in [3.63, 3.8) is 0 Å². The van der Waals surface area contributed by atoms with Gasteiger partial charge in [-0.25, -0.2) is 4.79 Å². The van der Waals surface area contributed by atoms with E-state index in [1.54, 1.807) is 9.80 Å². The van der Waals surface area contributed by atoms with Crippen molar-refractivity contribution in [1.29, 1.82) is 0 Å². The second-order valence-electron chi connectivity index (χ2n) is 12.8. The summed E-state index contributed by atoms with van der Waals surface area (Å²) >= 11 is 6.11. The van der Waals surface area contributed by atoms with Crippen LogP contribution in [0.3, 0.4) is 0 Å². The molecule has 3 heterocycles. The van der Waals surface area contributed by atoms with E-state index >= 15 is 0 Å². The molecule has 0 aliphatic carbocycles. The standard InChI is InChI=1S/C33H42ClF3N6O3/c1-40(2)25-7-5-12-42(20-25)31(45)23(16-21-17-26(33(35,36)37)30(38)27(34)18-21)19-29(44)41-13-10-24(11-14-41)43-15-9-22-6-3-4-8-28(22)39-32(43)46/h3-4,6,8,17-18,23-25H,5,7,9-16,19-20,38H2,1-2H3,(H,39,46)/t23?,25-/m0/s1. The predicted octanol–water partition coefficient (Wildman–Crippen LogP) is 5.12. The summed E-state index contributed by atoms with van der Waals surface area (Å²) < 4.78 is 41.2. The minimum absolute atomic E-state index is 0.0372. The SMILES string of the molecule is CN(C)[C@H]1CCCN(C(=O)C(CC(=O)N2CCC(N3CCc4ccccc4NC3=O)CC2)Cc2cc(Cl)c(N)c(C(F)(F)F)c2)C1. The zero-order valence-electron chi connectivity index (χ0n) is 26.3. The first-order chi connectivity index (χ1) is 21.8. The van der Waals surface area contributed by atoms with Gasteiger partial charge in [0.25, 0.3) is 0 Å². The molecule has 3 aliphatic rings. The number of halogens is 4.